The molecule has 5 rings (SSSR count). The molecule has 0 aromatic rings. The summed E-state index contributed by atoms with van der Waals surface area (Å²) in [6, 6.07) is 0. The molecule has 0 heterocycles. The lowest BCUT2D eigenvalue weighted by molar-refractivity contribution is -0.183. The molecule has 0 bridgehead atoms. The third-order valence-corrected chi connectivity index (χ3v) is 12.1. The molecule has 8 atom stereocenters. The van der Waals surface area contributed by atoms with Gasteiger partial charge in [0.15, 0.2) is 0 Å². The van der Waals surface area contributed by atoms with Gasteiger partial charge >= 0.3 is 0 Å². The first-order valence-electron chi connectivity index (χ1n) is 13.0. The lowest BCUT2D eigenvalue weighted by atomic mass is 9.34. The molecule has 0 saturated heterocycles. The van der Waals surface area contributed by atoms with Gasteiger partial charge in [0.25, 0.3) is 0 Å². The first kappa shape index (κ1) is 21.1. The van der Waals surface area contributed by atoms with Gasteiger partial charge in [-0.2, -0.15) is 0 Å². The maximum Gasteiger partial charge on any atom is 0.00715 e. The summed E-state index contributed by atoms with van der Waals surface area (Å²) in [7, 11) is 0. The van der Waals surface area contributed by atoms with Crippen molar-refractivity contribution in [1.82, 2.24) is 0 Å². The minimum absolute atomic E-state index is 0.247. The first-order valence-corrected chi connectivity index (χ1v) is 13.0. The van der Waals surface area contributed by atoms with Crippen LogP contribution in [0.4, 0.5) is 0 Å². The smallest absolute Gasteiger partial charge is 0.00715 e. The maximum atomic E-state index is 2.73. The van der Waals surface area contributed by atoms with Crippen molar-refractivity contribution in [2.24, 2.45) is 56.7 Å². The van der Waals surface area contributed by atoms with Crippen LogP contribution >= 0.6 is 0 Å². The van der Waals surface area contributed by atoms with Gasteiger partial charge in [-0.15, -0.1) is 0 Å². The molecule has 0 aliphatic heterocycles. The lowest BCUT2D eigenvalue weighted by Gasteiger charge is -2.70. The predicted octanol–water partition coefficient (Wildman–Crippen LogP) is 8.61. The van der Waals surface area contributed by atoms with E-state index in [0.29, 0.717) is 33.5 Å². The lowest BCUT2D eigenvalue weighted by Crippen LogP contribution is -2.63. The molecule has 0 radical (unpaired) electrons. The SMILES string of the molecule is CC(C)[C@H]1CC[C@@H]2[C@]1(C)CC[C@]1(C)[C@H]3C=C[C@@H]4C(=CC=CC4(C)C)[C@]3(C)CC[C@@]21C. The van der Waals surface area contributed by atoms with Gasteiger partial charge in [0.1, 0.15) is 0 Å². The van der Waals surface area contributed by atoms with E-state index in [4.69, 9.17) is 0 Å². The molecule has 0 unspecified atom stereocenters. The molecular weight excluding hydrogens is 360 g/mol. The molecule has 0 nitrogen and oxygen atoms in total. The highest BCUT2D eigenvalue weighted by Gasteiger charge is 2.69. The van der Waals surface area contributed by atoms with Crippen molar-refractivity contribution >= 4 is 0 Å². The van der Waals surface area contributed by atoms with Gasteiger partial charge in [0, 0.05) is 5.92 Å². The average Bonchev–Trinajstić information content (AvgIpc) is 3.02. The van der Waals surface area contributed by atoms with Gasteiger partial charge in [0.05, 0.1) is 0 Å². The summed E-state index contributed by atoms with van der Waals surface area (Å²) in [4.78, 5) is 0. The van der Waals surface area contributed by atoms with E-state index in [1.54, 1.807) is 5.57 Å². The van der Waals surface area contributed by atoms with Crippen molar-refractivity contribution in [3.05, 3.63) is 36.0 Å². The van der Waals surface area contributed by atoms with Crippen molar-refractivity contribution in [2.75, 3.05) is 0 Å². The molecule has 3 fully saturated rings. The van der Waals surface area contributed by atoms with Crippen molar-refractivity contribution in [3.8, 4) is 0 Å². The number of fused-ring (bicyclic) bond motifs is 7. The largest absolute Gasteiger partial charge is 0.0834 e. The van der Waals surface area contributed by atoms with Gasteiger partial charge in [-0.05, 0) is 89.3 Å². The Kier molecular flexibility index (Phi) is 4.34. The molecular formula is C30H46. The van der Waals surface area contributed by atoms with E-state index in [1.807, 2.05) is 0 Å². The van der Waals surface area contributed by atoms with Gasteiger partial charge in [0.2, 0.25) is 0 Å². The zero-order chi connectivity index (χ0) is 21.7. The fraction of sp³-hybridized carbons (Fsp3) is 0.800. The minimum Gasteiger partial charge on any atom is -0.0834 e. The van der Waals surface area contributed by atoms with E-state index in [-0.39, 0.29) is 5.41 Å². The molecule has 166 valence electrons. The summed E-state index contributed by atoms with van der Waals surface area (Å²) in [6.45, 7) is 20.6. The number of rotatable bonds is 1. The second kappa shape index (κ2) is 6.17. The highest BCUT2D eigenvalue weighted by molar-refractivity contribution is 5.41. The zero-order valence-electron chi connectivity index (χ0n) is 21.0. The fourth-order valence-electron chi connectivity index (χ4n) is 10.2. The molecule has 5 aliphatic carbocycles. The van der Waals surface area contributed by atoms with Crippen LogP contribution in [-0.4, -0.2) is 0 Å². The Balaban J connectivity index is 1.58. The van der Waals surface area contributed by atoms with E-state index in [0.717, 1.165) is 17.8 Å². The fourth-order valence-corrected chi connectivity index (χ4v) is 10.2. The Hall–Kier alpha value is -0.780. The van der Waals surface area contributed by atoms with E-state index < -0.39 is 0 Å². The van der Waals surface area contributed by atoms with Gasteiger partial charge < -0.3 is 0 Å². The summed E-state index contributed by atoms with van der Waals surface area (Å²) in [6.07, 6.45) is 21.2. The Labute approximate surface area is 186 Å². The van der Waals surface area contributed by atoms with E-state index >= 15 is 0 Å². The van der Waals surface area contributed by atoms with Crippen molar-refractivity contribution in [2.45, 2.75) is 93.9 Å². The minimum atomic E-state index is 0.247. The summed E-state index contributed by atoms with van der Waals surface area (Å²) < 4.78 is 0. The van der Waals surface area contributed by atoms with Crippen LogP contribution in [0.1, 0.15) is 93.9 Å². The van der Waals surface area contributed by atoms with Crippen LogP contribution < -0.4 is 0 Å². The molecule has 0 heteroatoms. The van der Waals surface area contributed by atoms with Crippen molar-refractivity contribution in [3.63, 3.8) is 0 Å². The Morgan fingerprint density at radius 2 is 1.53 bits per heavy atom. The van der Waals surface area contributed by atoms with Crippen molar-refractivity contribution in [1.29, 1.82) is 0 Å². The van der Waals surface area contributed by atoms with Crippen LogP contribution in [0.5, 0.6) is 0 Å². The van der Waals surface area contributed by atoms with E-state index in [9.17, 15) is 0 Å². The van der Waals surface area contributed by atoms with Gasteiger partial charge in [-0.3, -0.25) is 0 Å². The zero-order valence-corrected chi connectivity index (χ0v) is 21.0. The standard InChI is InChI=1S/C30H46/c1-20(2)21-11-13-24-27(21,5)16-18-30(8)25-14-12-22-23(10-9-15-26(22,3)4)28(25,6)17-19-29(24,30)7/h9-10,12,14-15,20-22,24-25H,11,13,16-19H2,1-8H3/t21-,22-,24-,25+,27-,28+,29+,30-/m1/s1. The predicted molar refractivity (Wildman–Crippen MR) is 129 cm³/mol. The van der Waals surface area contributed by atoms with Gasteiger partial charge in [-0.1, -0.05) is 91.3 Å². The second-order valence-electron chi connectivity index (χ2n) is 13.9. The Morgan fingerprint density at radius 3 is 2.23 bits per heavy atom. The normalized spacial score (nSPS) is 53.6. The van der Waals surface area contributed by atoms with Crippen LogP contribution in [0.2, 0.25) is 0 Å². The topological polar surface area (TPSA) is 0 Å². The summed E-state index contributed by atoms with van der Waals surface area (Å²) in [5.74, 6) is 3.94. The van der Waals surface area contributed by atoms with E-state index in [2.05, 4.69) is 85.8 Å². The molecule has 5 aliphatic rings. The average molecular weight is 407 g/mol. The number of hydrogen-bond acceptors (Lipinski definition) is 0. The summed E-state index contributed by atoms with van der Waals surface area (Å²) in [5, 5.41) is 0. The van der Waals surface area contributed by atoms with Crippen molar-refractivity contribution < 1.29 is 0 Å². The molecule has 0 aromatic heterocycles. The molecule has 0 N–H and O–H groups in total. The summed E-state index contributed by atoms with van der Waals surface area (Å²) >= 11 is 0. The highest BCUT2D eigenvalue weighted by atomic mass is 14.7. The molecule has 30 heavy (non-hydrogen) atoms. The maximum absolute atomic E-state index is 2.73. The molecule has 3 saturated carbocycles. The Bertz CT molecular complexity index is 823. The van der Waals surface area contributed by atoms with Crippen LogP contribution in [0.25, 0.3) is 0 Å². The van der Waals surface area contributed by atoms with Crippen LogP contribution in [0.3, 0.4) is 0 Å². The molecule has 0 amide bonds. The third-order valence-electron chi connectivity index (χ3n) is 12.1. The summed E-state index contributed by atoms with van der Waals surface area (Å²) in [5.41, 5.74) is 3.78. The molecule has 0 aromatic carbocycles. The Morgan fingerprint density at radius 1 is 0.833 bits per heavy atom. The van der Waals surface area contributed by atoms with Crippen LogP contribution in [0, 0.1) is 56.7 Å². The third kappa shape index (κ3) is 2.35. The van der Waals surface area contributed by atoms with Crippen LogP contribution in [-0.2, 0) is 0 Å². The van der Waals surface area contributed by atoms with Gasteiger partial charge in [-0.25, -0.2) is 0 Å². The monoisotopic (exact) mass is 406 g/mol. The second-order valence-corrected chi connectivity index (χ2v) is 13.9. The molecule has 0 spiro atoms. The van der Waals surface area contributed by atoms with E-state index in [1.165, 1.54) is 38.5 Å². The highest BCUT2D eigenvalue weighted by Crippen LogP contribution is 2.77. The number of allylic oxidation sites excluding steroid dienone is 6. The quantitative estimate of drug-likeness (QED) is 0.382. The number of hydrogen-bond donors (Lipinski definition) is 0. The first-order chi connectivity index (χ1) is 13.9. The van der Waals surface area contributed by atoms with Crippen LogP contribution in [0.15, 0.2) is 36.0 Å².